The van der Waals surface area contributed by atoms with E-state index in [0.29, 0.717) is 6.42 Å². The number of amides is 1. The van der Waals surface area contributed by atoms with Crippen LogP contribution in [0.4, 0.5) is 10.5 Å². The number of esters is 1. The summed E-state index contributed by atoms with van der Waals surface area (Å²) in [4.78, 5) is 73.5. The Hall–Kier alpha value is -5.29. The summed E-state index contributed by atoms with van der Waals surface area (Å²) < 4.78 is 27.6. The first-order chi connectivity index (χ1) is 24.0. The minimum absolute atomic E-state index is 0.0796. The van der Waals surface area contributed by atoms with Gasteiger partial charge in [0.15, 0.2) is 11.9 Å². The number of nitro benzene ring substituents is 1. The van der Waals surface area contributed by atoms with Crippen LogP contribution in [0.5, 0.6) is 5.75 Å². The summed E-state index contributed by atoms with van der Waals surface area (Å²) in [7, 11) is 0.991. The van der Waals surface area contributed by atoms with Gasteiger partial charge in [0.05, 0.1) is 30.5 Å². The minimum atomic E-state index is -1.74. The smallest absolute Gasteiger partial charge is 0.411 e. The summed E-state index contributed by atoms with van der Waals surface area (Å²) in [5.74, 6) is -9.72. The van der Waals surface area contributed by atoms with Crippen LogP contribution in [0, 0.1) is 27.9 Å². The summed E-state index contributed by atoms with van der Waals surface area (Å²) in [5, 5.41) is 40.9. The average molecular weight is 719 g/mol. The molecule has 1 aliphatic heterocycles. The number of aliphatic carboxylic acids is 3. The third kappa shape index (κ3) is 11.6. The number of carbonyl (C=O) groups excluding carboxylic acids is 2. The molecule has 2 aromatic carbocycles. The number of benzene rings is 2. The fourth-order valence-corrected chi connectivity index (χ4v) is 5.89. The quantitative estimate of drug-likeness (QED) is 0.0851. The molecule has 0 unspecified atom stereocenters. The van der Waals surface area contributed by atoms with E-state index in [1.54, 1.807) is 6.92 Å². The first kappa shape index (κ1) is 40.1. The molecule has 1 fully saturated rings. The summed E-state index contributed by atoms with van der Waals surface area (Å²) in [6.07, 6.45) is -5.89. The first-order valence-corrected chi connectivity index (χ1v) is 16.0. The van der Waals surface area contributed by atoms with E-state index in [1.165, 1.54) is 11.0 Å². The van der Waals surface area contributed by atoms with Crippen LogP contribution in [0.15, 0.2) is 48.5 Å². The number of nitrogens with zero attached hydrogens (tertiary/aromatic N) is 2. The highest BCUT2D eigenvalue weighted by molar-refractivity contribution is 5.77. The van der Waals surface area contributed by atoms with Crippen molar-refractivity contribution in [2.45, 2.75) is 71.1 Å². The van der Waals surface area contributed by atoms with Crippen molar-refractivity contribution in [1.29, 1.82) is 0 Å². The van der Waals surface area contributed by atoms with Crippen LogP contribution >= 0.6 is 0 Å². The maximum absolute atomic E-state index is 12.9. The van der Waals surface area contributed by atoms with Gasteiger partial charge in [-0.3, -0.25) is 29.4 Å². The van der Waals surface area contributed by atoms with Crippen molar-refractivity contribution in [1.82, 2.24) is 4.90 Å². The number of ether oxygens (including phenoxy) is 5. The van der Waals surface area contributed by atoms with Gasteiger partial charge in [-0.15, -0.1) is 0 Å². The number of methoxy groups -OCH3 is 1. The van der Waals surface area contributed by atoms with Gasteiger partial charge in [-0.05, 0) is 43.9 Å². The lowest BCUT2D eigenvalue weighted by Gasteiger charge is -2.44. The molecule has 17 heteroatoms. The molecule has 3 N–H and O–H groups in total. The molecule has 1 amide bonds. The molecule has 278 valence electrons. The molecule has 0 bridgehead atoms. The Balaban J connectivity index is 1.80. The number of hydrogen-bond acceptors (Lipinski definition) is 12. The van der Waals surface area contributed by atoms with Crippen molar-refractivity contribution >= 4 is 35.7 Å². The van der Waals surface area contributed by atoms with Crippen molar-refractivity contribution in [3.8, 4) is 5.75 Å². The highest BCUT2D eigenvalue weighted by Gasteiger charge is 2.52. The van der Waals surface area contributed by atoms with E-state index in [2.05, 4.69) is 0 Å². The zero-order valence-corrected chi connectivity index (χ0v) is 28.6. The molecule has 1 saturated heterocycles. The fraction of sp³-hybridized carbons (Fsp3) is 0.500. The van der Waals surface area contributed by atoms with Crippen molar-refractivity contribution in [2.75, 3.05) is 20.4 Å². The maximum atomic E-state index is 12.9. The van der Waals surface area contributed by atoms with Crippen LogP contribution < -0.4 is 4.74 Å². The van der Waals surface area contributed by atoms with Crippen LogP contribution in [0.3, 0.4) is 0 Å². The van der Waals surface area contributed by atoms with Gasteiger partial charge in [-0.2, -0.15) is 0 Å². The van der Waals surface area contributed by atoms with E-state index in [4.69, 9.17) is 23.7 Å². The van der Waals surface area contributed by atoms with Crippen molar-refractivity contribution in [3.05, 3.63) is 69.8 Å². The zero-order chi connectivity index (χ0) is 37.9. The standard InChI is InChI=1S/C34H42N2O15/c1-5-35(19-49-34(2,3)17-20-9-7-6-8-10-20)33(44)48-18-21-11-12-26(25(13-21)36(45)46)50-32-24(16-29(41)42)22(14-27(37)38)23(15-28(39)40)30(51-32)31(43)47-4/h6-13,22-24,30,32H,5,14-19H2,1-4H3,(H,37,38)(H,39,40)(H,41,42)/t22-,23-,24+,30-,32+/m0/s1. The molecule has 0 saturated carbocycles. The molecule has 17 nitrogen and oxygen atoms in total. The van der Waals surface area contributed by atoms with Crippen molar-refractivity contribution < 1.29 is 67.9 Å². The zero-order valence-electron chi connectivity index (χ0n) is 28.6. The topological polar surface area (TPSA) is 239 Å². The van der Waals surface area contributed by atoms with E-state index >= 15 is 0 Å². The lowest BCUT2D eigenvalue weighted by molar-refractivity contribution is -0.386. The van der Waals surface area contributed by atoms with Gasteiger partial charge in [0.25, 0.3) is 0 Å². The van der Waals surface area contributed by atoms with Gasteiger partial charge in [0.1, 0.15) is 13.3 Å². The monoisotopic (exact) mass is 718 g/mol. The van der Waals surface area contributed by atoms with Crippen LogP contribution in [0.1, 0.15) is 51.2 Å². The predicted molar refractivity (Wildman–Crippen MR) is 174 cm³/mol. The fourth-order valence-electron chi connectivity index (χ4n) is 5.89. The Labute approximate surface area is 293 Å². The molecule has 3 rings (SSSR count). The number of carboxylic acids is 3. The van der Waals surface area contributed by atoms with Crippen LogP contribution in [0.2, 0.25) is 0 Å². The molecule has 0 aromatic heterocycles. The molecular weight excluding hydrogens is 676 g/mol. The van der Waals surface area contributed by atoms with Crippen molar-refractivity contribution in [2.24, 2.45) is 17.8 Å². The molecule has 0 spiro atoms. The van der Waals surface area contributed by atoms with Crippen LogP contribution in [-0.4, -0.2) is 93.5 Å². The highest BCUT2D eigenvalue weighted by Crippen LogP contribution is 2.43. The van der Waals surface area contributed by atoms with Crippen molar-refractivity contribution in [3.63, 3.8) is 0 Å². The largest absolute Gasteiger partial charge is 0.481 e. The molecule has 2 aromatic rings. The van der Waals surface area contributed by atoms with Gasteiger partial charge < -0.3 is 39.0 Å². The lowest BCUT2D eigenvalue weighted by atomic mass is 9.71. The summed E-state index contributed by atoms with van der Waals surface area (Å²) in [6, 6.07) is 13.2. The minimum Gasteiger partial charge on any atom is -0.481 e. The summed E-state index contributed by atoms with van der Waals surface area (Å²) in [6.45, 7) is 5.29. The normalized spacial score (nSPS) is 20.1. The van der Waals surface area contributed by atoms with E-state index in [-0.39, 0.29) is 25.4 Å². The summed E-state index contributed by atoms with van der Waals surface area (Å²) >= 11 is 0. The molecule has 1 aliphatic rings. The number of carboxylic acid groups (broad SMARTS) is 3. The van der Waals surface area contributed by atoms with Gasteiger partial charge in [0, 0.05) is 37.3 Å². The van der Waals surface area contributed by atoms with Gasteiger partial charge in [-0.1, -0.05) is 36.4 Å². The SMILES string of the molecule is CCN(COC(C)(C)Cc1ccccc1)C(=O)OCc1ccc(O[C@@H]2O[C@H](C(=O)OC)[C@@H](CC(=O)O)[C@H](CC(=O)O)[C@H]2CC(=O)O)c([N+](=O)[O-])c1. The third-order valence-corrected chi connectivity index (χ3v) is 8.33. The number of hydrogen-bond donors (Lipinski definition) is 3. The number of carbonyl (C=O) groups is 5. The molecule has 0 radical (unpaired) electrons. The van der Waals surface area contributed by atoms with E-state index in [0.717, 1.165) is 24.8 Å². The van der Waals surface area contributed by atoms with Crippen LogP contribution in [0.25, 0.3) is 0 Å². The second-order valence-electron chi connectivity index (χ2n) is 12.5. The van der Waals surface area contributed by atoms with Gasteiger partial charge in [-0.25, -0.2) is 9.59 Å². The average Bonchev–Trinajstić information content (AvgIpc) is 3.06. The highest BCUT2D eigenvalue weighted by atomic mass is 16.7. The molecule has 5 atom stereocenters. The predicted octanol–water partition coefficient (Wildman–Crippen LogP) is 4.10. The second kappa shape index (κ2) is 18.1. The summed E-state index contributed by atoms with van der Waals surface area (Å²) in [5.41, 5.74) is -0.0104. The van der Waals surface area contributed by atoms with Gasteiger partial charge >= 0.3 is 35.7 Å². The first-order valence-electron chi connectivity index (χ1n) is 16.0. The Bertz CT molecular complexity index is 1560. The molecule has 51 heavy (non-hydrogen) atoms. The second-order valence-corrected chi connectivity index (χ2v) is 12.5. The number of rotatable bonds is 18. The Morgan fingerprint density at radius 2 is 1.51 bits per heavy atom. The molecular formula is C34H42N2O15. The number of nitro groups is 1. The third-order valence-electron chi connectivity index (χ3n) is 8.33. The lowest BCUT2D eigenvalue weighted by Crippen LogP contribution is -2.54. The molecule has 1 heterocycles. The maximum Gasteiger partial charge on any atom is 0.411 e. The van der Waals surface area contributed by atoms with Crippen LogP contribution in [-0.2, 0) is 51.2 Å². The molecule has 0 aliphatic carbocycles. The Kier molecular flexibility index (Phi) is 14.2. The Morgan fingerprint density at radius 3 is 2.08 bits per heavy atom. The van der Waals surface area contributed by atoms with E-state index in [9.17, 15) is 49.4 Å². The van der Waals surface area contributed by atoms with E-state index in [1.807, 2.05) is 44.2 Å². The van der Waals surface area contributed by atoms with E-state index < -0.39 is 101 Å². The Morgan fingerprint density at radius 1 is 0.902 bits per heavy atom. The van der Waals surface area contributed by atoms with Gasteiger partial charge in [0.2, 0.25) is 6.29 Å².